The number of morpholine rings is 1. The fourth-order valence-corrected chi connectivity index (χ4v) is 2.20. The standard InChI is InChI=1S/C13H16N4O2/c1-9(18)10-6-14-7-11-13(10)16-12(8-15-11)17-2-4-19-5-3-17/h6-9,18H,2-5H2,1H3. The lowest BCUT2D eigenvalue weighted by atomic mass is 10.1. The first-order chi connectivity index (χ1) is 9.25. The highest BCUT2D eigenvalue weighted by Crippen LogP contribution is 2.22. The summed E-state index contributed by atoms with van der Waals surface area (Å²) in [5.41, 5.74) is 2.13. The number of aromatic nitrogens is 3. The van der Waals surface area contributed by atoms with Crippen LogP contribution >= 0.6 is 0 Å². The molecule has 0 amide bonds. The number of fused-ring (bicyclic) bond motifs is 1. The number of hydrogen-bond acceptors (Lipinski definition) is 6. The first-order valence-corrected chi connectivity index (χ1v) is 6.37. The largest absolute Gasteiger partial charge is 0.389 e. The normalized spacial score (nSPS) is 17.7. The van der Waals surface area contributed by atoms with E-state index in [2.05, 4.69) is 19.9 Å². The second-order valence-electron chi connectivity index (χ2n) is 4.60. The monoisotopic (exact) mass is 260 g/mol. The lowest BCUT2D eigenvalue weighted by Gasteiger charge is -2.27. The van der Waals surface area contributed by atoms with Gasteiger partial charge in [0.05, 0.1) is 31.7 Å². The second-order valence-corrected chi connectivity index (χ2v) is 4.60. The maximum Gasteiger partial charge on any atom is 0.148 e. The molecule has 6 nitrogen and oxygen atoms in total. The van der Waals surface area contributed by atoms with Gasteiger partial charge < -0.3 is 14.7 Å². The van der Waals surface area contributed by atoms with Gasteiger partial charge in [-0.15, -0.1) is 0 Å². The molecule has 1 atom stereocenters. The summed E-state index contributed by atoms with van der Waals surface area (Å²) in [6.45, 7) is 4.75. The van der Waals surface area contributed by atoms with Crippen LogP contribution in [0.25, 0.3) is 11.0 Å². The molecule has 3 rings (SSSR count). The second kappa shape index (κ2) is 5.07. The van der Waals surface area contributed by atoms with Crippen LogP contribution in [-0.2, 0) is 4.74 Å². The fraction of sp³-hybridized carbons (Fsp3) is 0.462. The van der Waals surface area contributed by atoms with Gasteiger partial charge in [0.2, 0.25) is 0 Å². The molecule has 2 aromatic heterocycles. The molecule has 1 saturated heterocycles. The van der Waals surface area contributed by atoms with E-state index in [1.165, 1.54) is 0 Å². The van der Waals surface area contributed by atoms with Gasteiger partial charge in [0.1, 0.15) is 16.9 Å². The third-order valence-electron chi connectivity index (χ3n) is 3.26. The van der Waals surface area contributed by atoms with Gasteiger partial charge in [-0.1, -0.05) is 0 Å². The molecule has 1 N–H and O–H groups in total. The molecule has 3 heterocycles. The smallest absolute Gasteiger partial charge is 0.148 e. The molecule has 6 heteroatoms. The average Bonchev–Trinajstić information content (AvgIpc) is 2.47. The Balaban J connectivity index is 2.05. The van der Waals surface area contributed by atoms with Crippen molar-refractivity contribution in [3.63, 3.8) is 0 Å². The first-order valence-electron chi connectivity index (χ1n) is 6.37. The minimum Gasteiger partial charge on any atom is -0.389 e. The third kappa shape index (κ3) is 2.36. The Morgan fingerprint density at radius 3 is 2.79 bits per heavy atom. The van der Waals surface area contributed by atoms with E-state index in [9.17, 15) is 5.11 Å². The molecule has 1 aliphatic rings. The number of aliphatic hydroxyl groups is 1. The van der Waals surface area contributed by atoms with Crippen LogP contribution in [0.3, 0.4) is 0 Å². The zero-order chi connectivity index (χ0) is 13.2. The highest BCUT2D eigenvalue weighted by atomic mass is 16.5. The number of hydrogen-bond donors (Lipinski definition) is 1. The van der Waals surface area contributed by atoms with Crippen molar-refractivity contribution < 1.29 is 9.84 Å². The topological polar surface area (TPSA) is 71.4 Å². The lowest BCUT2D eigenvalue weighted by molar-refractivity contribution is 0.122. The van der Waals surface area contributed by atoms with Crippen LogP contribution in [0.1, 0.15) is 18.6 Å². The van der Waals surface area contributed by atoms with Gasteiger partial charge in [0.25, 0.3) is 0 Å². The van der Waals surface area contributed by atoms with Crippen molar-refractivity contribution in [3.8, 4) is 0 Å². The molecule has 0 aliphatic carbocycles. The van der Waals surface area contributed by atoms with Crippen molar-refractivity contribution in [2.45, 2.75) is 13.0 Å². The number of rotatable bonds is 2. The molecule has 19 heavy (non-hydrogen) atoms. The SMILES string of the molecule is CC(O)c1cncc2ncc(N3CCOCC3)nc12. The van der Waals surface area contributed by atoms with Crippen LogP contribution in [0.2, 0.25) is 0 Å². The summed E-state index contributed by atoms with van der Waals surface area (Å²) >= 11 is 0. The summed E-state index contributed by atoms with van der Waals surface area (Å²) in [5.74, 6) is 0.823. The van der Waals surface area contributed by atoms with Gasteiger partial charge in [-0.25, -0.2) is 9.97 Å². The predicted molar refractivity (Wildman–Crippen MR) is 71.0 cm³/mol. The quantitative estimate of drug-likeness (QED) is 0.865. The Morgan fingerprint density at radius 1 is 1.26 bits per heavy atom. The van der Waals surface area contributed by atoms with Crippen LogP contribution in [0.5, 0.6) is 0 Å². The van der Waals surface area contributed by atoms with Crippen molar-refractivity contribution in [2.24, 2.45) is 0 Å². The van der Waals surface area contributed by atoms with Gasteiger partial charge in [-0.3, -0.25) is 4.98 Å². The fourth-order valence-electron chi connectivity index (χ4n) is 2.20. The maximum absolute atomic E-state index is 9.78. The van der Waals surface area contributed by atoms with Gasteiger partial charge >= 0.3 is 0 Å². The maximum atomic E-state index is 9.78. The first kappa shape index (κ1) is 12.3. The summed E-state index contributed by atoms with van der Waals surface area (Å²) in [5, 5.41) is 9.78. The van der Waals surface area contributed by atoms with E-state index in [1.54, 1.807) is 25.5 Å². The summed E-state index contributed by atoms with van der Waals surface area (Å²) in [6, 6.07) is 0. The van der Waals surface area contributed by atoms with Crippen molar-refractivity contribution in [3.05, 3.63) is 24.2 Å². The van der Waals surface area contributed by atoms with Crippen LogP contribution in [0, 0.1) is 0 Å². The Morgan fingerprint density at radius 2 is 2.05 bits per heavy atom. The summed E-state index contributed by atoms with van der Waals surface area (Å²) in [4.78, 5) is 15.2. The van der Waals surface area contributed by atoms with Gasteiger partial charge in [-0.05, 0) is 6.92 Å². The Kier molecular flexibility index (Phi) is 3.27. The van der Waals surface area contributed by atoms with E-state index in [1.807, 2.05) is 0 Å². The molecule has 1 fully saturated rings. The minimum absolute atomic E-state index is 0.606. The van der Waals surface area contributed by atoms with E-state index >= 15 is 0 Å². The molecular weight excluding hydrogens is 244 g/mol. The zero-order valence-corrected chi connectivity index (χ0v) is 10.8. The lowest BCUT2D eigenvalue weighted by Crippen LogP contribution is -2.36. The van der Waals surface area contributed by atoms with Crippen LogP contribution in [0.15, 0.2) is 18.6 Å². The number of nitrogens with zero attached hydrogens (tertiary/aromatic N) is 4. The molecule has 100 valence electrons. The molecule has 1 unspecified atom stereocenters. The average molecular weight is 260 g/mol. The molecule has 2 aromatic rings. The van der Waals surface area contributed by atoms with E-state index in [-0.39, 0.29) is 0 Å². The van der Waals surface area contributed by atoms with Crippen molar-refractivity contribution in [1.82, 2.24) is 15.0 Å². The molecule has 0 bridgehead atoms. The molecule has 1 aliphatic heterocycles. The zero-order valence-electron chi connectivity index (χ0n) is 10.8. The van der Waals surface area contributed by atoms with Crippen molar-refractivity contribution in [2.75, 3.05) is 31.2 Å². The molecule has 0 spiro atoms. The number of ether oxygens (including phenoxy) is 1. The van der Waals surface area contributed by atoms with Crippen molar-refractivity contribution >= 4 is 16.9 Å². The summed E-state index contributed by atoms with van der Waals surface area (Å²) in [7, 11) is 0. The molecular formula is C13H16N4O2. The van der Waals surface area contributed by atoms with Crippen LogP contribution in [-0.4, -0.2) is 46.4 Å². The molecule has 0 radical (unpaired) electrons. The third-order valence-corrected chi connectivity index (χ3v) is 3.26. The number of aliphatic hydroxyl groups excluding tert-OH is 1. The Bertz CT molecular complexity index is 582. The van der Waals surface area contributed by atoms with E-state index in [4.69, 9.17) is 4.74 Å². The van der Waals surface area contributed by atoms with E-state index in [0.717, 1.165) is 18.9 Å². The van der Waals surface area contributed by atoms with Gasteiger partial charge in [-0.2, -0.15) is 0 Å². The minimum atomic E-state index is -0.606. The van der Waals surface area contributed by atoms with E-state index < -0.39 is 6.10 Å². The van der Waals surface area contributed by atoms with Crippen molar-refractivity contribution in [1.29, 1.82) is 0 Å². The molecule has 0 aromatic carbocycles. The van der Waals surface area contributed by atoms with Crippen LogP contribution in [0.4, 0.5) is 5.82 Å². The van der Waals surface area contributed by atoms with E-state index in [0.29, 0.717) is 29.8 Å². The summed E-state index contributed by atoms with van der Waals surface area (Å²) in [6.07, 6.45) is 4.45. The van der Waals surface area contributed by atoms with Gasteiger partial charge in [0.15, 0.2) is 0 Å². The Hall–Kier alpha value is -1.79. The highest BCUT2D eigenvalue weighted by Gasteiger charge is 2.15. The number of anilines is 1. The predicted octanol–water partition coefficient (Wildman–Crippen LogP) is 0.915. The van der Waals surface area contributed by atoms with Gasteiger partial charge in [0, 0.05) is 24.8 Å². The Labute approximate surface area is 111 Å². The molecule has 0 saturated carbocycles. The number of pyridine rings is 1. The summed E-state index contributed by atoms with van der Waals surface area (Å²) < 4.78 is 5.33. The van der Waals surface area contributed by atoms with Crippen LogP contribution < -0.4 is 4.90 Å². The highest BCUT2D eigenvalue weighted by molar-refractivity contribution is 5.78.